The van der Waals surface area contributed by atoms with Crippen molar-refractivity contribution >= 4 is 9.84 Å². The van der Waals surface area contributed by atoms with E-state index >= 15 is 0 Å². The van der Waals surface area contributed by atoms with Crippen LogP contribution in [-0.2, 0) is 9.84 Å². The third-order valence-electron chi connectivity index (χ3n) is 3.42. The van der Waals surface area contributed by atoms with Crippen LogP contribution < -0.4 is 10.1 Å². The van der Waals surface area contributed by atoms with E-state index in [1.54, 1.807) is 26.0 Å². The lowest BCUT2D eigenvalue weighted by Crippen LogP contribution is -2.42. The number of benzene rings is 1. The molecule has 1 aromatic rings. The standard InChI is InChI=1S/C14H21F2NO3S/c1-10(17-9-14(2,3)21(4,18)19)11-6-5-7-12(8-11)20-13(15)16/h5-8,10,13,17H,9H2,1-4H3. The Hall–Kier alpha value is -1.21. The van der Waals surface area contributed by atoms with E-state index in [4.69, 9.17) is 0 Å². The van der Waals surface area contributed by atoms with Gasteiger partial charge in [0, 0.05) is 18.8 Å². The van der Waals surface area contributed by atoms with Crippen LogP contribution in [0.15, 0.2) is 24.3 Å². The van der Waals surface area contributed by atoms with Gasteiger partial charge in [-0.1, -0.05) is 12.1 Å². The van der Waals surface area contributed by atoms with Gasteiger partial charge in [-0.25, -0.2) is 8.42 Å². The van der Waals surface area contributed by atoms with Crippen molar-refractivity contribution in [3.63, 3.8) is 0 Å². The molecule has 21 heavy (non-hydrogen) atoms. The van der Waals surface area contributed by atoms with E-state index in [-0.39, 0.29) is 18.3 Å². The van der Waals surface area contributed by atoms with Crippen molar-refractivity contribution in [3.05, 3.63) is 29.8 Å². The van der Waals surface area contributed by atoms with Crippen molar-refractivity contribution in [2.24, 2.45) is 0 Å². The lowest BCUT2D eigenvalue weighted by Gasteiger charge is -2.25. The molecule has 0 aliphatic heterocycles. The zero-order chi connectivity index (χ0) is 16.3. The molecule has 1 aromatic carbocycles. The summed E-state index contributed by atoms with van der Waals surface area (Å²) in [7, 11) is -3.19. The first kappa shape index (κ1) is 17.8. The summed E-state index contributed by atoms with van der Waals surface area (Å²) in [5.74, 6) is 0.0820. The Kier molecular flexibility index (Phi) is 5.69. The van der Waals surface area contributed by atoms with Crippen molar-refractivity contribution in [1.82, 2.24) is 5.32 Å². The first-order valence-electron chi connectivity index (χ1n) is 6.51. The molecule has 0 aliphatic carbocycles. The van der Waals surface area contributed by atoms with Gasteiger partial charge in [-0.2, -0.15) is 8.78 Å². The van der Waals surface area contributed by atoms with Crippen LogP contribution in [0.3, 0.4) is 0 Å². The summed E-state index contributed by atoms with van der Waals surface area (Å²) in [6.07, 6.45) is 1.19. The zero-order valence-electron chi connectivity index (χ0n) is 12.6. The highest BCUT2D eigenvalue weighted by molar-refractivity contribution is 7.92. The van der Waals surface area contributed by atoms with Crippen LogP contribution in [0.5, 0.6) is 5.75 Å². The summed E-state index contributed by atoms with van der Waals surface area (Å²) in [5, 5.41) is 3.10. The van der Waals surface area contributed by atoms with Crippen molar-refractivity contribution in [2.75, 3.05) is 12.8 Å². The molecule has 0 saturated carbocycles. The van der Waals surface area contributed by atoms with Crippen LogP contribution in [0, 0.1) is 0 Å². The fourth-order valence-electron chi connectivity index (χ4n) is 1.61. The second-order valence-electron chi connectivity index (χ2n) is 5.59. The normalized spacial score (nSPS) is 14.2. The van der Waals surface area contributed by atoms with Crippen LogP contribution in [0.2, 0.25) is 0 Å². The van der Waals surface area contributed by atoms with Crippen LogP contribution >= 0.6 is 0 Å². The Morgan fingerprint density at radius 2 is 1.95 bits per heavy atom. The molecule has 120 valence electrons. The topological polar surface area (TPSA) is 55.4 Å². The van der Waals surface area contributed by atoms with E-state index in [2.05, 4.69) is 10.1 Å². The van der Waals surface area contributed by atoms with E-state index in [0.29, 0.717) is 0 Å². The fourth-order valence-corrected chi connectivity index (χ4v) is 1.95. The highest BCUT2D eigenvalue weighted by atomic mass is 32.2. The predicted octanol–water partition coefficient (Wildman–Crippen LogP) is 2.76. The number of halogens is 2. The molecular weight excluding hydrogens is 300 g/mol. The molecule has 0 spiro atoms. The van der Waals surface area contributed by atoms with Gasteiger partial charge in [0.2, 0.25) is 0 Å². The SMILES string of the molecule is CC(NCC(C)(C)S(C)(=O)=O)c1cccc(OC(F)F)c1. The summed E-state index contributed by atoms with van der Waals surface area (Å²) in [4.78, 5) is 0. The smallest absolute Gasteiger partial charge is 0.387 e. The molecule has 1 rings (SSSR count). The highest BCUT2D eigenvalue weighted by Crippen LogP contribution is 2.22. The van der Waals surface area contributed by atoms with E-state index < -0.39 is 21.2 Å². The monoisotopic (exact) mass is 321 g/mol. The fraction of sp³-hybridized carbons (Fsp3) is 0.571. The van der Waals surface area contributed by atoms with Gasteiger partial charge in [0.25, 0.3) is 0 Å². The van der Waals surface area contributed by atoms with Gasteiger partial charge in [0.15, 0.2) is 9.84 Å². The molecule has 4 nitrogen and oxygen atoms in total. The largest absolute Gasteiger partial charge is 0.435 e. The predicted molar refractivity (Wildman–Crippen MR) is 78.4 cm³/mol. The summed E-state index contributed by atoms with van der Waals surface area (Å²) >= 11 is 0. The van der Waals surface area contributed by atoms with Gasteiger partial charge in [-0.05, 0) is 38.5 Å². The molecule has 0 bridgehead atoms. The van der Waals surface area contributed by atoms with Crippen molar-refractivity contribution in [2.45, 2.75) is 38.2 Å². The lowest BCUT2D eigenvalue weighted by atomic mass is 10.1. The summed E-state index contributed by atoms with van der Waals surface area (Å²) in [6.45, 7) is 2.50. The second-order valence-corrected chi connectivity index (χ2v) is 8.23. The zero-order valence-corrected chi connectivity index (χ0v) is 13.4. The molecule has 0 amide bonds. The van der Waals surface area contributed by atoms with Gasteiger partial charge in [-0.3, -0.25) is 0 Å². The quantitative estimate of drug-likeness (QED) is 0.839. The van der Waals surface area contributed by atoms with Crippen LogP contribution in [-0.4, -0.2) is 32.6 Å². The van der Waals surface area contributed by atoms with Gasteiger partial charge >= 0.3 is 6.61 Å². The Morgan fingerprint density at radius 1 is 1.33 bits per heavy atom. The van der Waals surface area contributed by atoms with Gasteiger partial charge in [0.1, 0.15) is 5.75 Å². The number of hydrogen-bond donors (Lipinski definition) is 1. The van der Waals surface area contributed by atoms with Crippen LogP contribution in [0.25, 0.3) is 0 Å². The number of sulfone groups is 1. The maximum absolute atomic E-state index is 12.2. The number of rotatable bonds is 7. The van der Waals surface area contributed by atoms with Gasteiger partial charge in [0.05, 0.1) is 4.75 Å². The molecule has 0 fully saturated rings. The molecule has 7 heteroatoms. The molecule has 0 radical (unpaired) electrons. The number of ether oxygens (including phenoxy) is 1. The molecule has 1 unspecified atom stereocenters. The van der Waals surface area contributed by atoms with Crippen molar-refractivity contribution in [3.8, 4) is 5.75 Å². The maximum Gasteiger partial charge on any atom is 0.387 e. The first-order valence-corrected chi connectivity index (χ1v) is 8.40. The minimum Gasteiger partial charge on any atom is -0.435 e. The van der Waals surface area contributed by atoms with E-state index in [1.165, 1.54) is 18.4 Å². The molecule has 0 aliphatic rings. The molecule has 0 aromatic heterocycles. The Labute approximate surface area is 124 Å². The average molecular weight is 321 g/mol. The van der Waals surface area contributed by atoms with Crippen molar-refractivity contribution in [1.29, 1.82) is 0 Å². The maximum atomic E-state index is 12.2. The Balaban J connectivity index is 2.74. The van der Waals surface area contributed by atoms with Gasteiger partial charge < -0.3 is 10.1 Å². The Morgan fingerprint density at radius 3 is 2.48 bits per heavy atom. The molecule has 1 N–H and O–H groups in total. The Bertz CT molecular complexity index is 573. The third kappa shape index (κ3) is 5.24. The van der Waals surface area contributed by atoms with E-state index in [0.717, 1.165) is 5.56 Å². The van der Waals surface area contributed by atoms with Crippen LogP contribution in [0.1, 0.15) is 32.4 Å². The van der Waals surface area contributed by atoms with E-state index in [1.807, 2.05) is 6.92 Å². The minimum atomic E-state index is -3.19. The molecule has 0 heterocycles. The lowest BCUT2D eigenvalue weighted by molar-refractivity contribution is -0.0499. The average Bonchev–Trinajstić information content (AvgIpc) is 2.34. The minimum absolute atomic E-state index is 0.0820. The second kappa shape index (κ2) is 6.70. The molecular formula is C14H21F2NO3S. The highest BCUT2D eigenvalue weighted by Gasteiger charge is 2.30. The molecule has 1 atom stereocenters. The first-order chi connectivity index (χ1) is 9.53. The number of nitrogens with one attached hydrogen (secondary N) is 1. The molecule has 0 saturated heterocycles. The summed E-state index contributed by atoms with van der Waals surface area (Å²) in [6, 6.07) is 6.16. The van der Waals surface area contributed by atoms with E-state index in [9.17, 15) is 17.2 Å². The number of alkyl halides is 2. The van der Waals surface area contributed by atoms with Crippen molar-refractivity contribution < 1.29 is 21.9 Å². The summed E-state index contributed by atoms with van der Waals surface area (Å²) in [5.41, 5.74) is 0.748. The third-order valence-corrected chi connectivity index (χ3v) is 5.57. The number of hydrogen-bond acceptors (Lipinski definition) is 4. The van der Waals surface area contributed by atoms with Gasteiger partial charge in [-0.15, -0.1) is 0 Å². The summed E-state index contributed by atoms with van der Waals surface area (Å²) < 4.78 is 51.1. The van der Waals surface area contributed by atoms with Crippen LogP contribution in [0.4, 0.5) is 8.78 Å².